The Kier molecular flexibility index (Phi) is 5.27. The highest BCUT2D eigenvalue weighted by atomic mass is 16.3. The minimum atomic E-state index is 0.0517. The molecule has 3 rings (SSSR count). The van der Waals surface area contributed by atoms with E-state index in [0.29, 0.717) is 24.4 Å². The molecule has 1 saturated heterocycles. The van der Waals surface area contributed by atoms with E-state index in [1.807, 2.05) is 29.2 Å². The van der Waals surface area contributed by atoms with Gasteiger partial charge in [-0.2, -0.15) is 0 Å². The van der Waals surface area contributed by atoms with Crippen molar-refractivity contribution in [3.05, 3.63) is 42.4 Å². The molecule has 1 aromatic carbocycles. The van der Waals surface area contributed by atoms with Crippen molar-refractivity contribution in [2.75, 3.05) is 32.8 Å². The number of aromatic nitrogens is 1. The number of aliphatic hydroxyl groups excluding tert-OH is 1. The molecule has 2 heterocycles. The van der Waals surface area contributed by atoms with Crippen LogP contribution >= 0.6 is 0 Å². The number of piperazine rings is 1. The SMILES string of the molecule is CCC(CO)N1CCN(C(=O)c2ccc(-c3cnco3)cc2)CC1. The van der Waals surface area contributed by atoms with E-state index in [1.54, 1.807) is 6.20 Å². The maximum Gasteiger partial charge on any atom is 0.253 e. The quantitative estimate of drug-likeness (QED) is 0.907. The van der Waals surface area contributed by atoms with Crippen LogP contribution in [0.15, 0.2) is 41.3 Å². The molecular formula is C18H23N3O3. The predicted molar refractivity (Wildman–Crippen MR) is 90.6 cm³/mol. The number of carbonyl (C=O) groups excluding carboxylic acids is 1. The van der Waals surface area contributed by atoms with Crippen LogP contribution in [0.3, 0.4) is 0 Å². The Morgan fingerprint density at radius 1 is 1.25 bits per heavy atom. The second-order valence-electron chi connectivity index (χ2n) is 6.02. The minimum absolute atomic E-state index is 0.0517. The lowest BCUT2D eigenvalue weighted by Crippen LogP contribution is -2.52. The van der Waals surface area contributed by atoms with Crippen LogP contribution in [-0.4, -0.2) is 64.6 Å². The van der Waals surface area contributed by atoms with Crippen molar-refractivity contribution < 1.29 is 14.3 Å². The van der Waals surface area contributed by atoms with Gasteiger partial charge in [0.15, 0.2) is 12.2 Å². The van der Waals surface area contributed by atoms with Crippen molar-refractivity contribution in [3.8, 4) is 11.3 Å². The van der Waals surface area contributed by atoms with Crippen molar-refractivity contribution in [1.29, 1.82) is 0 Å². The molecule has 6 nitrogen and oxygen atoms in total. The number of hydrogen-bond acceptors (Lipinski definition) is 5. The van der Waals surface area contributed by atoms with Gasteiger partial charge in [-0.15, -0.1) is 0 Å². The lowest BCUT2D eigenvalue weighted by molar-refractivity contribution is 0.0472. The summed E-state index contributed by atoms with van der Waals surface area (Å²) in [6, 6.07) is 7.61. The molecule has 0 radical (unpaired) electrons. The largest absolute Gasteiger partial charge is 0.444 e. The number of hydrogen-bond donors (Lipinski definition) is 1. The van der Waals surface area contributed by atoms with Crippen molar-refractivity contribution in [1.82, 2.24) is 14.8 Å². The molecular weight excluding hydrogens is 306 g/mol. The average molecular weight is 329 g/mol. The van der Waals surface area contributed by atoms with Crippen LogP contribution in [0.1, 0.15) is 23.7 Å². The van der Waals surface area contributed by atoms with Gasteiger partial charge in [-0.25, -0.2) is 4.98 Å². The third-order valence-corrected chi connectivity index (χ3v) is 4.65. The summed E-state index contributed by atoms with van der Waals surface area (Å²) in [7, 11) is 0. The molecule has 0 spiro atoms. The van der Waals surface area contributed by atoms with Crippen LogP contribution in [0, 0.1) is 0 Å². The second-order valence-corrected chi connectivity index (χ2v) is 6.02. The Labute approximate surface area is 141 Å². The third kappa shape index (κ3) is 3.49. The summed E-state index contributed by atoms with van der Waals surface area (Å²) in [5, 5.41) is 9.40. The Bertz CT molecular complexity index is 643. The van der Waals surface area contributed by atoms with Crippen LogP contribution in [0.2, 0.25) is 0 Å². The van der Waals surface area contributed by atoms with E-state index in [0.717, 1.165) is 25.1 Å². The number of nitrogens with zero attached hydrogens (tertiary/aromatic N) is 3. The van der Waals surface area contributed by atoms with Gasteiger partial charge in [0.05, 0.1) is 12.8 Å². The molecule has 0 aliphatic carbocycles. The Morgan fingerprint density at radius 2 is 1.96 bits per heavy atom. The summed E-state index contributed by atoms with van der Waals surface area (Å²) in [4.78, 5) is 20.7. The van der Waals surface area contributed by atoms with Gasteiger partial charge >= 0.3 is 0 Å². The molecule has 24 heavy (non-hydrogen) atoms. The molecule has 1 unspecified atom stereocenters. The molecule has 128 valence electrons. The highest BCUT2D eigenvalue weighted by Gasteiger charge is 2.25. The summed E-state index contributed by atoms with van der Waals surface area (Å²) in [5.41, 5.74) is 1.59. The highest BCUT2D eigenvalue weighted by Crippen LogP contribution is 2.20. The van der Waals surface area contributed by atoms with E-state index in [-0.39, 0.29) is 18.6 Å². The molecule has 2 aromatic rings. The molecule has 1 fully saturated rings. The fourth-order valence-corrected chi connectivity index (χ4v) is 3.11. The maximum absolute atomic E-state index is 12.6. The number of oxazole rings is 1. The molecule has 1 aliphatic rings. The topological polar surface area (TPSA) is 69.8 Å². The Hall–Kier alpha value is -2.18. The zero-order valence-electron chi connectivity index (χ0n) is 13.9. The maximum atomic E-state index is 12.6. The van der Waals surface area contributed by atoms with Crippen LogP contribution in [-0.2, 0) is 0 Å². The lowest BCUT2D eigenvalue weighted by atomic mass is 10.1. The molecule has 1 amide bonds. The van der Waals surface area contributed by atoms with Crippen LogP contribution in [0.25, 0.3) is 11.3 Å². The van der Waals surface area contributed by atoms with Crippen LogP contribution in [0.4, 0.5) is 0 Å². The summed E-state index contributed by atoms with van der Waals surface area (Å²) < 4.78 is 5.26. The van der Waals surface area contributed by atoms with E-state index in [2.05, 4.69) is 16.8 Å². The zero-order valence-corrected chi connectivity index (χ0v) is 13.9. The molecule has 1 atom stereocenters. The van der Waals surface area contributed by atoms with Crippen LogP contribution in [0.5, 0.6) is 0 Å². The van der Waals surface area contributed by atoms with Gasteiger partial charge in [-0.1, -0.05) is 19.1 Å². The van der Waals surface area contributed by atoms with Crippen molar-refractivity contribution in [2.24, 2.45) is 0 Å². The number of aliphatic hydroxyl groups is 1. The average Bonchev–Trinajstić information content (AvgIpc) is 3.18. The lowest BCUT2D eigenvalue weighted by Gasteiger charge is -2.38. The van der Waals surface area contributed by atoms with E-state index in [4.69, 9.17) is 4.42 Å². The van der Waals surface area contributed by atoms with Gasteiger partial charge in [0, 0.05) is 43.3 Å². The fourth-order valence-electron chi connectivity index (χ4n) is 3.11. The summed E-state index contributed by atoms with van der Waals surface area (Å²) in [5.74, 6) is 0.744. The Morgan fingerprint density at radius 3 is 2.50 bits per heavy atom. The molecule has 0 bridgehead atoms. The van der Waals surface area contributed by atoms with Gasteiger partial charge in [-0.05, 0) is 18.6 Å². The van der Waals surface area contributed by atoms with E-state index < -0.39 is 0 Å². The van der Waals surface area contributed by atoms with E-state index in [9.17, 15) is 9.90 Å². The number of rotatable bonds is 5. The van der Waals surface area contributed by atoms with Gasteiger partial charge in [-0.3, -0.25) is 9.69 Å². The molecule has 1 N–H and O–H groups in total. The first-order chi connectivity index (χ1) is 11.7. The normalized spacial score (nSPS) is 17.0. The third-order valence-electron chi connectivity index (χ3n) is 4.65. The first kappa shape index (κ1) is 16.7. The highest BCUT2D eigenvalue weighted by molar-refractivity contribution is 5.94. The smallest absolute Gasteiger partial charge is 0.253 e. The second kappa shape index (κ2) is 7.59. The number of benzene rings is 1. The van der Waals surface area contributed by atoms with Crippen LogP contribution < -0.4 is 0 Å². The van der Waals surface area contributed by atoms with Crippen molar-refractivity contribution in [2.45, 2.75) is 19.4 Å². The molecule has 6 heteroatoms. The van der Waals surface area contributed by atoms with E-state index >= 15 is 0 Å². The van der Waals surface area contributed by atoms with Gasteiger partial charge in [0.2, 0.25) is 0 Å². The van der Waals surface area contributed by atoms with Gasteiger partial charge in [0.25, 0.3) is 5.91 Å². The summed E-state index contributed by atoms with van der Waals surface area (Å²) in [6.07, 6.45) is 3.97. The fraction of sp³-hybridized carbons (Fsp3) is 0.444. The summed E-state index contributed by atoms with van der Waals surface area (Å²) in [6.45, 7) is 5.25. The minimum Gasteiger partial charge on any atom is -0.444 e. The summed E-state index contributed by atoms with van der Waals surface area (Å²) >= 11 is 0. The monoisotopic (exact) mass is 329 g/mol. The molecule has 1 aliphatic heterocycles. The van der Waals surface area contributed by atoms with Crippen molar-refractivity contribution in [3.63, 3.8) is 0 Å². The first-order valence-electron chi connectivity index (χ1n) is 8.36. The Balaban J connectivity index is 1.61. The zero-order chi connectivity index (χ0) is 16.9. The van der Waals surface area contributed by atoms with Crippen molar-refractivity contribution >= 4 is 5.91 Å². The predicted octanol–water partition coefficient (Wildman–Crippen LogP) is 1.87. The number of amides is 1. The van der Waals surface area contributed by atoms with Gasteiger partial charge < -0.3 is 14.4 Å². The van der Waals surface area contributed by atoms with Gasteiger partial charge in [0.1, 0.15) is 0 Å². The van der Waals surface area contributed by atoms with E-state index in [1.165, 1.54) is 6.39 Å². The molecule has 1 aromatic heterocycles. The first-order valence-corrected chi connectivity index (χ1v) is 8.36. The standard InChI is InChI=1S/C18H23N3O3/c1-2-16(12-22)20-7-9-21(10-8-20)18(23)15-5-3-14(4-6-15)17-11-19-13-24-17/h3-6,11,13,16,22H,2,7-10,12H2,1H3. The molecule has 0 saturated carbocycles. The number of carbonyl (C=O) groups is 1.